The van der Waals surface area contributed by atoms with E-state index in [2.05, 4.69) is 75.0 Å². The number of hydrogen-bond donors (Lipinski definition) is 0. The molecule has 0 bridgehead atoms. The SMILES string of the molecule is CCCCCCCCCCCc1c(/C=C2\C(=O)c3ccccc3C2=C(C#N)C#N)sc2c1sc1c3c4nsnc4c4c5sc6c(CCCCCCCCCCC)c(/C=C7\C(=O)c8ccccc8C7=C(C#N)C#N)sc6c5n(CC(CC)CCCC)c4c3n(CC(CC)CCCC)c21. The van der Waals surface area contributed by atoms with E-state index in [0.717, 1.165) is 135 Å². The summed E-state index contributed by atoms with van der Waals surface area (Å²) in [6.45, 7) is 15.5. The molecule has 0 fully saturated rings. The van der Waals surface area contributed by atoms with Crippen LogP contribution in [0.5, 0.6) is 0 Å². The lowest BCUT2D eigenvalue weighted by Crippen LogP contribution is -2.13. The number of Topliss-reactive ketones (excluding diaryl/α,β-unsaturated/α-hetero) is 2. The molecule has 2 unspecified atom stereocenters. The van der Waals surface area contributed by atoms with Crippen LogP contribution in [0.3, 0.4) is 0 Å². The van der Waals surface area contributed by atoms with Crippen molar-refractivity contribution in [2.45, 2.75) is 234 Å². The second kappa shape index (κ2) is 32.1. The van der Waals surface area contributed by atoms with Crippen LogP contribution in [0, 0.1) is 57.2 Å². The molecular weight excluding hydrogens is 1290 g/mol. The van der Waals surface area contributed by atoms with Crippen LogP contribution in [0.4, 0.5) is 0 Å². The van der Waals surface area contributed by atoms with Crippen LogP contribution in [-0.2, 0) is 25.9 Å². The molecule has 0 saturated heterocycles. The standard InChI is InChI=1S/C82H90N8O2S5/c1-7-13-17-19-21-23-25-27-29-41-59-63(43-61-65(53(45-83)46-84)55-37-31-33-39-57(55)75(61)91)93-81-73-79(95-77(59)81)67-69-70(88-97-87-69)68-72(71(67)89(73)49-51(11-5)35-15-9-3)90(50-52(12-6)36-16-10-4)74-80(68)96-78-60(42-30-28-26-24-22-20-18-14-8-2)64(94-82(74)78)44-62-66(54(47-85)48-86)56-38-32-34-40-58(56)76(62)92/h31-34,37-40,43-44,51-52H,7-30,35-36,41-42,49-50H2,1-6H3/b61-43-,62-44-. The largest absolute Gasteiger partial charge is 0.337 e. The van der Waals surface area contributed by atoms with E-state index >= 15 is 0 Å². The topological polar surface area (TPSA) is 165 Å². The normalized spacial score (nSPS) is 14.6. The second-order valence-electron chi connectivity index (χ2n) is 27.2. The zero-order valence-corrected chi connectivity index (χ0v) is 61.7. The fourth-order valence-corrected chi connectivity index (χ4v) is 22.0. The number of ketones is 2. The van der Waals surface area contributed by atoms with Gasteiger partial charge in [0, 0.05) is 67.0 Å². The second-order valence-corrected chi connectivity index (χ2v) is 31.9. The van der Waals surface area contributed by atoms with Gasteiger partial charge in [0.05, 0.1) is 62.0 Å². The summed E-state index contributed by atoms with van der Waals surface area (Å²) in [5.41, 5.74) is 13.1. The van der Waals surface area contributed by atoms with Crippen molar-refractivity contribution in [3.05, 3.63) is 114 Å². The number of nitrogens with zero attached hydrogens (tertiary/aromatic N) is 8. The Balaban J connectivity index is 1.13. The van der Waals surface area contributed by atoms with Gasteiger partial charge in [0.15, 0.2) is 11.6 Å². The zero-order chi connectivity index (χ0) is 67.7. The van der Waals surface area contributed by atoms with E-state index in [1.807, 2.05) is 83.4 Å². The molecule has 10 nitrogen and oxygen atoms in total. The molecule has 0 saturated carbocycles. The predicted octanol–water partition coefficient (Wildman–Crippen LogP) is 25.2. The molecule has 2 atom stereocenters. The lowest BCUT2D eigenvalue weighted by Gasteiger charge is -2.20. The lowest BCUT2D eigenvalue weighted by molar-refractivity contribution is 0.103. The number of hydrogen-bond acceptors (Lipinski definition) is 13. The number of aryl methyl sites for hydroxylation is 2. The summed E-state index contributed by atoms with van der Waals surface area (Å²) in [5, 5.41) is 44.3. The Morgan fingerprint density at radius 2 is 0.784 bits per heavy atom. The van der Waals surface area contributed by atoms with Gasteiger partial charge in [0.1, 0.15) is 46.5 Å². The van der Waals surface area contributed by atoms with Gasteiger partial charge in [-0.3, -0.25) is 9.59 Å². The fraction of sp³-hybridized carbons (Fsp3) is 0.463. The molecule has 7 aromatic heterocycles. The highest BCUT2D eigenvalue weighted by atomic mass is 32.1. The van der Waals surface area contributed by atoms with Crippen molar-refractivity contribution in [2.24, 2.45) is 11.8 Å². The number of rotatable bonds is 34. The highest BCUT2D eigenvalue weighted by Gasteiger charge is 2.37. The molecule has 500 valence electrons. The van der Waals surface area contributed by atoms with Gasteiger partial charge in [-0.05, 0) is 84.8 Å². The van der Waals surface area contributed by atoms with Crippen LogP contribution in [0.25, 0.3) is 95.4 Å². The molecule has 3 aromatic carbocycles. The van der Waals surface area contributed by atoms with Gasteiger partial charge in [-0.2, -0.15) is 29.8 Å². The third-order valence-electron chi connectivity index (χ3n) is 20.9. The minimum absolute atomic E-state index is 0.0505. The summed E-state index contributed by atoms with van der Waals surface area (Å²) in [6, 6.07) is 23.5. The minimum Gasteiger partial charge on any atom is -0.337 e. The summed E-state index contributed by atoms with van der Waals surface area (Å²) in [5.74, 6) is 0.467. The molecule has 0 N–H and O–H groups in total. The Labute approximate surface area is 592 Å². The van der Waals surface area contributed by atoms with E-state index < -0.39 is 0 Å². The molecular formula is C82H90N8O2S5. The third-order valence-corrected chi connectivity index (χ3v) is 26.5. The molecule has 0 amide bonds. The van der Waals surface area contributed by atoms with Crippen LogP contribution >= 0.6 is 57.1 Å². The number of carbonyl (C=O) groups is 2. The van der Waals surface area contributed by atoms with Crippen molar-refractivity contribution in [1.29, 1.82) is 21.0 Å². The third kappa shape index (κ3) is 13.4. The lowest BCUT2D eigenvalue weighted by atomic mass is 9.98. The monoisotopic (exact) mass is 1380 g/mol. The van der Waals surface area contributed by atoms with Crippen LogP contribution in [0.1, 0.15) is 261 Å². The van der Waals surface area contributed by atoms with Gasteiger partial charge >= 0.3 is 0 Å². The molecule has 2 aliphatic rings. The van der Waals surface area contributed by atoms with Crippen LogP contribution in [-0.4, -0.2) is 29.4 Å². The number of benzene rings is 3. The quantitative estimate of drug-likeness (QED) is 0.0218. The van der Waals surface area contributed by atoms with Crippen LogP contribution in [0.2, 0.25) is 0 Å². The van der Waals surface area contributed by atoms with E-state index in [1.165, 1.54) is 163 Å². The maximum atomic E-state index is 14.8. The molecule has 0 aliphatic heterocycles. The maximum Gasteiger partial charge on any atom is 0.194 e. The number of aromatic nitrogens is 4. The highest BCUT2D eigenvalue weighted by Crippen LogP contribution is 2.56. The average Bonchev–Trinajstić information content (AvgIpc) is 1.51. The molecule has 7 heterocycles. The van der Waals surface area contributed by atoms with Crippen LogP contribution in [0.15, 0.2) is 70.8 Å². The number of allylic oxidation sites excluding steroid dienone is 6. The van der Waals surface area contributed by atoms with Crippen LogP contribution < -0.4 is 0 Å². The first kappa shape index (κ1) is 69.6. The van der Waals surface area contributed by atoms with E-state index in [1.54, 1.807) is 22.7 Å². The van der Waals surface area contributed by atoms with Crippen molar-refractivity contribution in [3.63, 3.8) is 0 Å². The summed E-state index contributed by atoms with van der Waals surface area (Å²) < 4.78 is 23.6. The van der Waals surface area contributed by atoms with Gasteiger partial charge in [-0.1, -0.05) is 231 Å². The van der Waals surface area contributed by atoms with E-state index in [4.69, 9.17) is 8.75 Å². The number of carbonyl (C=O) groups excluding carboxylic acids is 2. The zero-order valence-electron chi connectivity index (χ0n) is 57.6. The van der Waals surface area contributed by atoms with E-state index in [0.29, 0.717) is 56.4 Å². The predicted molar refractivity (Wildman–Crippen MR) is 412 cm³/mol. The smallest absolute Gasteiger partial charge is 0.194 e. The Morgan fingerprint density at radius 3 is 1.13 bits per heavy atom. The molecule has 0 radical (unpaired) electrons. The first-order valence-corrected chi connectivity index (χ1v) is 40.5. The Bertz CT molecular complexity index is 4590. The van der Waals surface area contributed by atoms with Gasteiger partial charge < -0.3 is 9.13 Å². The molecule has 2 aliphatic carbocycles. The molecule has 10 aromatic rings. The first-order chi connectivity index (χ1) is 47.6. The Morgan fingerprint density at radius 1 is 0.433 bits per heavy atom. The number of thiophene rings is 4. The Hall–Kier alpha value is -7.34. The first-order valence-electron chi connectivity index (χ1n) is 36.5. The Kier molecular flexibility index (Phi) is 23.0. The summed E-state index contributed by atoms with van der Waals surface area (Å²) in [4.78, 5) is 31.6. The fourth-order valence-electron chi connectivity index (χ4n) is 15.6. The van der Waals surface area contributed by atoms with Gasteiger partial charge in [0.2, 0.25) is 0 Å². The molecule has 12 rings (SSSR count). The average molecular weight is 1380 g/mol. The van der Waals surface area contributed by atoms with E-state index in [-0.39, 0.29) is 22.7 Å². The summed E-state index contributed by atoms with van der Waals surface area (Å²) in [6.07, 6.45) is 36.3. The van der Waals surface area contributed by atoms with Gasteiger partial charge in [-0.15, -0.1) is 45.3 Å². The maximum absolute atomic E-state index is 14.8. The van der Waals surface area contributed by atoms with Crippen molar-refractivity contribution >= 4 is 164 Å². The van der Waals surface area contributed by atoms with Crippen molar-refractivity contribution < 1.29 is 9.59 Å². The summed E-state index contributed by atoms with van der Waals surface area (Å²) >= 11 is 8.60. The van der Waals surface area contributed by atoms with Gasteiger partial charge in [-0.25, -0.2) is 0 Å². The van der Waals surface area contributed by atoms with Crippen molar-refractivity contribution in [1.82, 2.24) is 17.9 Å². The molecule has 15 heteroatoms. The van der Waals surface area contributed by atoms with E-state index in [9.17, 15) is 30.6 Å². The number of fused-ring (bicyclic) bond motifs is 16. The van der Waals surface area contributed by atoms with Crippen molar-refractivity contribution in [3.8, 4) is 24.3 Å². The molecule has 97 heavy (non-hydrogen) atoms. The summed E-state index contributed by atoms with van der Waals surface area (Å²) in [7, 11) is 0. The highest BCUT2D eigenvalue weighted by molar-refractivity contribution is 7.34. The molecule has 0 spiro atoms. The minimum atomic E-state index is -0.156. The number of nitriles is 4. The number of unbranched alkanes of at least 4 members (excludes halogenated alkanes) is 18. The van der Waals surface area contributed by atoms with Gasteiger partial charge in [0.25, 0.3) is 0 Å². The van der Waals surface area contributed by atoms with Crippen molar-refractivity contribution in [2.75, 3.05) is 0 Å².